The average molecular weight is 302 g/mol. The van der Waals surface area contributed by atoms with Crippen LogP contribution in [0.15, 0.2) is 30.3 Å². The lowest BCUT2D eigenvalue weighted by Crippen LogP contribution is -2.65. The van der Waals surface area contributed by atoms with E-state index in [0.717, 1.165) is 18.4 Å². The van der Waals surface area contributed by atoms with Gasteiger partial charge < -0.3 is 0 Å². The molecule has 3 nitrogen and oxygen atoms in total. The zero-order valence-electron chi connectivity index (χ0n) is 14.4. The van der Waals surface area contributed by atoms with E-state index < -0.39 is 11.1 Å². The number of hydrogen-bond donors (Lipinski definition) is 0. The minimum atomic E-state index is -0.488. The van der Waals surface area contributed by atoms with Crippen molar-refractivity contribution in [2.75, 3.05) is 0 Å². The highest BCUT2D eigenvalue weighted by Gasteiger charge is 2.55. The number of carbonyl (C=O) groups excluding carboxylic acids is 1. The van der Waals surface area contributed by atoms with Gasteiger partial charge in [-0.15, -0.1) is 10.3 Å². The van der Waals surface area contributed by atoms with Crippen molar-refractivity contribution in [3.63, 3.8) is 0 Å². The molecule has 1 aliphatic heterocycles. The van der Waals surface area contributed by atoms with Crippen molar-refractivity contribution in [3.8, 4) is 0 Å². The van der Waals surface area contributed by atoms with Crippen LogP contribution in [-0.2, 0) is 5.21 Å². The van der Waals surface area contributed by atoms with Crippen molar-refractivity contribution in [2.45, 2.75) is 65.0 Å². The van der Waals surface area contributed by atoms with E-state index in [0.29, 0.717) is 6.42 Å². The van der Waals surface area contributed by atoms with E-state index in [2.05, 4.69) is 6.92 Å². The molecule has 2 rings (SSSR count). The summed E-state index contributed by atoms with van der Waals surface area (Å²) in [6.07, 6.45) is 2.15. The minimum absolute atomic E-state index is 0.0438. The molecular weight excluding hydrogens is 274 g/mol. The lowest BCUT2D eigenvalue weighted by molar-refractivity contribution is -0.315. The van der Waals surface area contributed by atoms with Gasteiger partial charge in [0.25, 0.3) is 0 Å². The van der Waals surface area contributed by atoms with Gasteiger partial charge in [-0.25, -0.2) is 0 Å². The third-order valence-electron chi connectivity index (χ3n) is 6.07. The quantitative estimate of drug-likeness (QED) is 0.768. The standard InChI is InChI=1S/C19H28NO2/c1-6-18(4)13-16(14(3)19(5,7-2)20(18)22)17(21)15-11-9-8-10-12-15/h8-12,14,16H,6-7,13H2,1-5H3. The first-order chi connectivity index (χ1) is 10.3. The van der Waals surface area contributed by atoms with Crippen LogP contribution in [0.5, 0.6) is 0 Å². The van der Waals surface area contributed by atoms with Crippen LogP contribution in [0.1, 0.15) is 64.2 Å². The van der Waals surface area contributed by atoms with Crippen molar-refractivity contribution in [1.82, 2.24) is 5.06 Å². The molecule has 1 radical (unpaired) electrons. The maximum absolute atomic E-state index is 13.0. The van der Waals surface area contributed by atoms with E-state index in [4.69, 9.17) is 0 Å². The summed E-state index contributed by atoms with van der Waals surface area (Å²) in [6, 6.07) is 9.49. The molecule has 1 fully saturated rings. The van der Waals surface area contributed by atoms with Gasteiger partial charge in [-0.1, -0.05) is 51.1 Å². The first-order valence-electron chi connectivity index (χ1n) is 8.37. The second kappa shape index (κ2) is 6.13. The first kappa shape index (κ1) is 17.2. The van der Waals surface area contributed by atoms with Crippen molar-refractivity contribution in [2.24, 2.45) is 11.8 Å². The van der Waals surface area contributed by atoms with Gasteiger partial charge in [-0.05, 0) is 39.0 Å². The molecule has 0 saturated carbocycles. The number of piperidine rings is 1. The molecule has 0 spiro atoms. The number of Topliss-reactive ketones (excluding diaryl/α,β-unsaturated/α-hetero) is 1. The zero-order chi connectivity index (χ0) is 16.5. The Hall–Kier alpha value is -1.19. The monoisotopic (exact) mass is 302 g/mol. The summed E-state index contributed by atoms with van der Waals surface area (Å²) in [4.78, 5) is 13.0. The fourth-order valence-corrected chi connectivity index (χ4v) is 3.86. The molecule has 1 aromatic rings. The number of carbonyl (C=O) groups is 1. The Morgan fingerprint density at radius 2 is 1.77 bits per heavy atom. The molecule has 0 amide bonds. The highest BCUT2D eigenvalue weighted by atomic mass is 16.5. The summed E-state index contributed by atoms with van der Waals surface area (Å²) in [5.41, 5.74) is -0.194. The van der Waals surface area contributed by atoms with Crippen molar-refractivity contribution < 1.29 is 10.0 Å². The summed E-state index contributed by atoms with van der Waals surface area (Å²) in [6.45, 7) is 10.2. The molecule has 121 valence electrons. The third kappa shape index (κ3) is 2.61. The highest BCUT2D eigenvalue weighted by Crippen LogP contribution is 2.48. The molecule has 3 heteroatoms. The Morgan fingerprint density at radius 1 is 1.18 bits per heavy atom. The van der Waals surface area contributed by atoms with E-state index in [1.54, 1.807) is 0 Å². The number of ketones is 1. The summed E-state index contributed by atoms with van der Waals surface area (Å²) in [5, 5.41) is 14.2. The van der Waals surface area contributed by atoms with E-state index in [1.165, 1.54) is 5.06 Å². The Morgan fingerprint density at radius 3 is 2.27 bits per heavy atom. The molecule has 1 aliphatic rings. The number of benzene rings is 1. The molecule has 4 unspecified atom stereocenters. The van der Waals surface area contributed by atoms with Gasteiger partial charge in [0.2, 0.25) is 0 Å². The largest absolute Gasteiger partial charge is 0.294 e. The Labute approximate surface area is 134 Å². The number of hydrogen-bond acceptors (Lipinski definition) is 2. The lowest BCUT2D eigenvalue weighted by Gasteiger charge is -2.55. The molecule has 0 bridgehead atoms. The number of nitrogens with zero attached hydrogens (tertiary/aromatic N) is 1. The van der Waals surface area contributed by atoms with E-state index in [9.17, 15) is 10.0 Å². The number of rotatable bonds is 4. The summed E-state index contributed by atoms with van der Waals surface area (Å²) in [7, 11) is 0. The van der Waals surface area contributed by atoms with Crippen LogP contribution in [0.25, 0.3) is 0 Å². The normalized spacial score (nSPS) is 36.3. The highest BCUT2D eigenvalue weighted by molar-refractivity contribution is 5.98. The van der Waals surface area contributed by atoms with Crippen LogP contribution in [0, 0.1) is 11.8 Å². The van der Waals surface area contributed by atoms with Crippen molar-refractivity contribution in [1.29, 1.82) is 0 Å². The molecule has 4 atom stereocenters. The van der Waals surface area contributed by atoms with E-state index in [-0.39, 0.29) is 17.6 Å². The number of hydroxylamine groups is 2. The second-order valence-electron chi connectivity index (χ2n) is 7.19. The fourth-order valence-electron chi connectivity index (χ4n) is 3.86. The van der Waals surface area contributed by atoms with Crippen LogP contribution in [-0.4, -0.2) is 21.9 Å². The average Bonchev–Trinajstić information content (AvgIpc) is 2.56. The lowest BCUT2D eigenvalue weighted by atomic mass is 9.63. The summed E-state index contributed by atoms with van der Waals surface area (Å²) in [5.74, 6) is 0.130. The van der Waals surface area contributed by atoms with E-state index >= 15 is 0 Å². The molecule has 1 saturated heterocycles. The predicted octanol–water partition coefficient (Wildman–Crippen LogP) is 4.51. The Kier molecular flexibility index (Phi) is 4.78. The molecule has 1 aromatic carbocycles. The maximum Gasteiger partial charge on any atom is 0.166 e. The van der Waals surface area contributed by atoms with Gasteiger partial charge in [0.15, 0.2) is 5.78 Å². The first-order valence-corrected chi connectivity index (χ1v) is 8.37. The molecular formula is C19H28NO2. The van der Waals surface area contributed by atoms with Crippen LogP contribution >= 0.6 is 0 Å². The van der Waals surface area contributed by atoms with Crippen LogP contribution < -0.4 is 0 Å². The van der Waals surface area contributed by atoms with Gasteiger partial charge >= 0.3 is 0 Å². The Balaban J connectivity index is 2.41. The third-order valence-corrected chi connectivity index (χ3v) is 6.07. The van der Waals surface area contributed by atoms with Gasteiger partial charge in [0.05, 0.1) is 5.54 Å². The fraction of sp³-hybridized carbons (Fsp3) is 0.632. The van der Waals surface area contributed by atoms with Crippen molar-refractivity contribution in [3.05, 3.63) is 35.9 Å². The van der Waals surface area contributed by atoms with Crippen LogP contribution in [0.3, 0.4) is 0 Å². The molecule has 0 aliphatic carbocycles. The molecule has 1 heterocycles. The zero-order valence-corrected chi connectivity index (χ0v) is 14.4. The van der Waals surface area contributed by atoms with Gasteiger partial charge in [0.1, 0.15) is 0 Å². The predicted molar refractivity (Wildman–Crippen MR) is 88.0 cm³/mol. The van der Waals surface area contributed by atoms with Crippen molar-refractivity contribution >= 4 is 5.78 Å². The maximum atomic E-state index is 13.0. The molecule has 22 heavy (non-hydrogen) atoms. The smallest absolute Gasteiger partial charge is 0.166 e. The molecule has 0 N–H and O–H groups in total. The summed E-state index contributed by atoms with van der Waals surface area (Å²) >= 11 is 0. The van der Waals surface area contributed by atoms with Gasteiger partial charge in [-0.2, -0.15) is 0 Å². The van der Waals surface area contributed by atoms with E-state index in [1.807, 2.05) is 58.0 Å². The second-order valence-corrected chi connectivity index (χ2v) is 7.19. The SMILES string of the molecule is CCC1(C)CC(C(=O)c2ccccc2)C(C)C(C)(CC)N1[O]. The minimum Gasteiger partial charge on any atom is -0.294 e. The Bertz CT molecular complexity index is 529. The van der Waals surface area contributed by atoms with Gasteiger partial charge in [-0.3, -0.25) is 4.79 Å². The van der Waals surface area contributed by atoms with Gasteiger partial charge in [0, 0.05) is 17.0 Å². The van der Waals surface area contributed by atoms with Crippen LogP contribution in [0.2, 0.25) is 0 Å². The topological polar surface area (TPSA) is 40.2 Å². The summed E-state index contributed by atoms with van der Waals surface area (Å²) < 4.78 is 0. The molecule has 0 aromatic heterocycles. The van der Waals surface area contributed by atoms with Crippen LogP contribution in [0.4, 0.5) is 0 Å².